The molecule has 0 radical (unpaired) electrons. The molecular formula is C26H21NO2S. The first-order chi connectivity index (χ1) is 14.5. The second kappa shape index (κ2) is 7.24. The van der Waals surface area contributed by atoms with Gasteiger partial charge in [-0.3, -0.25) is 0 Å². The summed E-state index contributed by atoms with van der Waals surface area (Å²) in [7, 11) is -3.67. The Morgan fingerprint density at radius 3 is 2.10 bits per heavy atom. The van der Waals surface area contributed by atoms with E-state index < -0.39 is 16.1 Å². The van der Waals surface area contributed by atoms with Gasteiger partial charge in [-0.1, -0.05) is 84.4 Å². The molecule has 0 saturated carbocycles. The zero-order chi connectivity index (χ0) is 20.7. The minimum atomic E-state index is -3.67. The van der Waals surface area contributed by atoms with Crippen molar-refractivity contribution in [3.8, 4) is 22.3 Å². The van der Waals surface area contributed by atoms with E-state index in [9.17, 15) is 8.42 Å². The molecule has 4 aromatic rings. The van der Waals surface area contributed by atoms with Crippen LogP contribution in [-0.4, -0.2) is 8.42 Å². The average molecular weight is 412 g/mol. The summed E-state index contributed by atoms with van der Waals surface area (Å²) in [6.07, 6.45) is 0. The molecule has 1 aliphatic carbocycles. The quantitative estimate of drug-likeness (QED) is 0.467. The Bertz CT molecular complexity index is 1330. The van der Waals surface area contributed by atoms with E-state index in [2.05, 4.69) is 41.1 Å². The third kappa shape index (κ3) is 3.24. The normalized spacial score (nSPS) is 14.9. The van der Waals surface area contributed by atoms with E-state index in [0.717, 1.165) is 38.9 Å². The molecular weight excluding hydrogens is 390 g/mol. The van der Waals surface area contributed by atoms with Crippen LogP contribution in [0.5, 0.6) is 0 Å². The van der Waals surface area contributed by atoms with Crippen LogP contribution >= 0.6 is 0 Å². The number of nitrogens with one attached hydrogen (secondary N) is 1. The van der Waals surface area contributed by atoms with E-state index >= 15 is 0 Å². The summed E-state index contributed by atoms with van der Waals surface area (Å²) in [6, 6.07) is 30.9. The summed E-state index contributed by atoms with van der Waals surface area (Å²) in [5, 5.41) is 0. The number of sulfonamides is 1. The number of rotatable bonds is 4. The molecule has 0 heterocycles. The molecule has 1 aliphatic rings. The summed E-state index contributed by atoms with van der Waals surface area (Å²) in [5.74, 6) is 0. The van der Waals surface area contributed by atoms with Gasteiger partial charge in [-0.05, 0) is 58.5 Å². The van der Waals surface area contributed by atoms with Gasteiger partial charge >= 0.3 is 0 Å². The lowest BCUT2D eigenvalue weighted by Crippen LogP contribution is -2.28. The van der Waals surface area contributed by atoms with Gasteiger partial charge in [0.1, 0.15) is 0 Å². The Hall–Kier alpha value is -3.21. The summed E-state index contributed by atoms with van der Waals surface area (Å²) in [5.41, 5.74) is 7.31. The van der Waals surface area contributed by atoms with Crippen molar-refractivity contribution in [3.05, 3.63) is 114 Å². The van der Waals surface area contributed by atoms with Gasteiger partial charge in [0.25, 0.3) is 0 Å². The van der Waals surface area contributed by atoms with Crippen LogP contribution in [0.3, 0.4) is 0 Å². The van der Waals surface area contributed by atoms with E-state index in [4.69, 9.17) is 0 Å². The van der Waals surface area contributed by atoms with Crippen molar-refractivity contribution in [1.29, 1.82) is 0 Å². The lowest BCUT2D eigenvalue weighted by Gasteiger charge is -2.17. The second-order valence-electron chi connectivity index (χ2n) is 7.62. The van der Waals surface area contributed by atoms with E-state index in [1.807, 2.05) is 55.5 Å². The molecule has 1 unspecified atom stereocenters. The van der Waals surface area contributed by atoms with Gasteiger partial charge in [0, 0.05) is 0 Å². The van der Waals surface area contributed by atoms with Gasteiger partial charge in [-0.25, -0.2) is 8.42 Å². The van der Waals surface area contributed by atoms with Crippen LogP contribution in [-0.2, 0) is 10.0 Å². The highest BCUT2D eigenvalue weighted by molar-refractivity contribution is 7.89. The highest BCUT2D eigenvalue weighted by Gasteiger charge is 2.32. The van der Waals surface area contributed by atoms with Crippen LogP contribution in [0.1, 0.15) is 22.7 Å². The van der Waals surface area contributed by atoms with Crippen molar-refractivity contribution in [2.45, 2.75) is 17.9 Å². The van der Waals surface area contributed by atoms with Crippen molar-refractivity contribution in [2.75, 3.05) is 0 Å². The van der Waals surface area contributed by atoms with Crippen LogP contribution in [0.2, 0.25) is 0 Å². The molecule has 0 amide bonds. The molecule has 0 saturated heterocycles. The highest BCUT2D eigenvalue weighted by atomic mass is 32.2. The van der Waals surface area contributed by atoms with E-state index in [1.165, 1.54) is 0 Å². The topological polar surface area (TPSA) is 46.2 Å². The smallest absolute Gasteiger partial charge is 0.207 e. The summed E-state index contributed by atoms with van der Waals surface area (Å²) >= 11 is 0. The Morgan fingerprint density at radius 1 is 0.667 bits per heavy atom. The second-order valence-corrected chi connectivity index (χ2v) is 9.34. The third-order valence-electron chi connectivity index (χ3n) is 5.64. The molecule has 0 fully saturated rings. The Labute approximate surface area is 177 Å². The molecule has 0 bridgehead atoms. The Kier molecular flexibility index (Phi) is 4.54. The standard InChI is InChI=1S/C26H21NO2S/c1-18-11-14-21(15-12-18)30(28,29)27-26-24-10-6-5-9-22(24)23-16-13-20(17-25(23)26)19-7-3-2-4-8-19/h2-17,26-27H,1H3. The zero-order valence-corrected chi connectivity index (χ0v) is 17.4. The van der Waals surface area contributed by atoms with Gasteiger partial charge in [0.15, 0.2) is 0 Å². The molecule has 0 spiro atoms. The molecule has 4 aromatic carbocycles. The fourth-order valence-electron chi connectivity index (χ4n) is 4.09. The summed E-state index contributed by atoms with van der Waals surface area (Å²) in [4.78, 5) is 0.276. The molecule has 30 heavy (non-hydrogen) atoms. The first-order valence-electron chi connectivity index (χ1n) is 9.91. The van der Waals surface area contributed by atoms with Crippen molar-refractivity contribution >= 4 is 10.0 Å². The summed E-state index contributed by atoms with van der Waals surface area (Å²) < 4.78 is 29.3. The monoisotopic (exact) mass is 411 g/mol. The predicted molar refractivity (Wildman–Crippen MR) is 121 cm³/mol. The first kappa shape index (κ1) is 18.8. The molecule has 0 aromatic heterocycles. The van der Waals surface area contributed by atoms with E-state index in [1.54, 1.807) is 12.1 Å². The molecule has 148 valence electrons. The van der Waals surface area contributed by atoms with Crippen LogP contribution in [0.15, 0.2) is 102 Å². The van der Waals surface area contributed by atoms with Crippen LogP contribution in [0.4, 0.5) is 0 Å². The SMILES string of the molecule is Cc1ccc(S(=O)(=O)NC2c3ccccc3-c3ccc(-c4ccccc4)cc32)cc1. The van der Waals surface area contributed by atoms with Crippen LogP contribution in [0.25, 0.3) is 22.3 Å². The molecule has 3 nitrogen and oxygen atoms in total. The van der Waals surface area contributed by atoms with Crippen LogP contribution in [0, 0.1) is 6.92 Å². The van der Waals surface area contributed by atoms with Crippen molar-refractivity contribution < 1.29 is 8.42 Å². The average Bonchev–Trinajstić information content (AvgIpc) is 3.07. The molecule has 1 atom stereocenters. The van der Waals surface area contributed by atoms with Gasteiger partial charge in [-0.15, -0.1) is 0 Å². The van der Waals surface area contributed by atoms with Gasteiger partial charge in [-0.2, -0.15) is 4.72 Å². The number of hydrogen-bond acceptors (Lipinski definition) is 2. The fourth-order valence-corrected chi connectivity index (χ4v) is 5.28. The molecule has 1 N–H and O–H groups in total. The largest absolute Gasteiger partial charge is 0.241 e. The zero-order valence-electron chi connectivity index (χ0n) is 16.5. The fraction of sp³-hybridized carbons (Fsp3) is 0.0769. The third-order valence-corrected chi connectivity index (χ3v) is 7.07. The number of benzene rings is 4. The van der Waals surface area contributed by atoms with Gasteiger partial charge in [0.2, 0.25) is 10.0 Å². The van der Waals surface area contributed by atoms with E-state index in [0.29, 0.717) is 0 Å². The lowest BCUT2D eigenvalue weighted by atomic mass is 9.98. The molecule has 0 aliphatic heterocycles. The maximum absolute atomic E-state index is 13.2. The number of hydrogen-bond donors (Lipinski definition) is 1. The highest BCUT2D eigenvalue weighted by Crippen LogP contribution is 2.45. The van der Waals surface area contributed by atoms with Crippen molar-refractivity contribution in [1.82, 2.24) is 4.72 Å². The maximum Gasteiger partial charge on any atom is 0.241 e. The van der Waals surface area contributed by atoms with Gasteiger partial charge in [0.05, 0.1) is 10.9 Å². The van der Waals surface area contributed by atoms with Crippen LogP contribution < -0.4 is 4.72 Å². The first-order valence-corrected chi connectivity index (χ1v) is 11.4. The minimum Gasteiger partial charge on any atom is -0.207 e. The number of fused-ring (bicyclic) bond motifs is 3. The van der Waals surface area contributed by atoms with Gasteiger partial charge < -0.3 is 0 Å². The van der Waals surface area contributed by atoms with Crippen molar-refractivity contribution in [2.24, 2.45) is 0 Å². The Morgan fingerprint density at radius 2 is 1.33 bits per heavy atom. The van der Waals surface area contributed by atoms with E-state index in [-0.39, 0.29) is 4.90 Å². The number of aryl methyl sites for hydroxylation is 1. The minimum absolute atomic E-state index is 0.276. The predicted octanol–water partition coefficient (Wildman–Crippen LogP) is 5.71. The maximum atomic E-state index is 13.2. The summed E-state index contributed by atoms with van der Waals surface area (Å²) in [6.45, 7) is 1.94. The lowest BCUT2D eigenvalue weighted by molar-refractivity contribution is 0.573. The van der Waals surface area contributed by atoms with Crippen molar-refractivity contribution in [3.63, 3.8) is 0 Å². The molecule has 5 rings (SSSR count). The Balaban J connectivity index is 1.61. The molecule has 4 heteroatoms.